The van der Waals surface area contributed by atoms with Crippen LogP contribution in [0, 0.1) is 0 Å². The van der Waals surface area contributed by atoms with Crippen LogP contribution in [-0.2, 0) is 28.6 Å². The molecule has 0 spiro atoms. The lowest BCUT2D eigenvalue weighted by molar-refractivity contribution is -0.167. The third kappa shape index (κ3) is 39.9. The third-order valence-electron chi connectivity index (χ3n) is 8.76. The summed E-state index contributed by atoms with van der Waals surface area (Å²) in [5.74, 6) is -0.971. The van der Waals surface area contributed by atoms with Crippen LogP contribution < -0.4 is 0 Å². The zero-order valence-electron chi connectivity index (χ0n) is 34.3. The molecule has 0 rings (SSSR count). The highest BCUT2D eigenvalue weighted by Gasteiger charge is 2.19. The molecule has 1 atom stereocenters. The van der Waals surface area contributed by atoms with Gasteiger partial charge in [-0.25, -0.2) is 0 Å². The number of esters is 3. The van der Waals surface area contributed by atoms with Crippen LogP contribution in [0.5, 0.6) is 0 Å². The predicted octanol–water partition coefficient (Wildman–Crippen LogP) is 13.5. The highest BCUT2D eigenvalue weighted by Crippen LogP contribution is 2.12. The van der Waals surface area contributed by atoms with Gasteiger partial charge in [-0.15, -0.1) is 0 Å². The van der Waals surface area contributed by atoms with Gasteiger partial charge < -0.3 is 14.2 Å². The topological polar surface area (TPSA) is 78.9 Å². The van der Waals surface area contributed by atoms with E-state index in [-0.39, 0.29) is 31.1 Å². The Morgan fingerprint density at radius 2 is 0.774 bits per heavy atom. The Kier molecular flexibility index (Phi) is 39.1. The van der Waals surface area contributed by atoms with Crippen molar-refractivity contribution in [2.75, 3.05) is 13.2 Å². The first-order valence-electron chi connectivity index (χ1n) is 21.5. The Labute approximate surface area is 325 Å². The molecule has 0 aliphatic rings. The second kappa shape index (κ2) is 41.6. The summed E-state index contributed by atoms with van der Waals surface area (Å²) in [6.45, 7) is 6.34. The lowest BCUT2D eigenvalue weighted by atomic mass is 10.1. The first-order valence-corrected chi connectivity index (χ1v) is 21.5. The average molecular weight is 739 g/mol. The summed E-state index contributed by atoms with van der Waals surface area (Å²) in [7, 11) is 0. The summed E-state index contributed by atoms with van der Waals surface area (Å²) < 4.78 is 16.6. The third-order valence-corrected chi connectivity index (χ3v) is 8.76. The van der Waals surface area contributed by atoms with Crippen LogP contribution in [-0.4, -0.2) is 37.2 Å². The molecular weight excluding hydrogens is 661 g/mol. The van der Waals surface area contributed by atoms with Crippen LogP contribution in [0.1, 0.15) is 188 Å². The van der Waals surface area contributed by atoms with E-state index < -0.39 is 6.10 Å². The van der Waals surface area contributed by atoms with Crippen LogP contribution in [0.3, 0.4) is 0 Å². The summed E-state index contributed by atoms with van der Waals surface area (Å²) in [4.78, 5) is 37.6. The van der Waals surface area contributed by atoms with Crippen LogP contribution in [0.15, 0.2) is 72.9 Å². The summed E-state index contributed by atoms with van der Waals surface area (Å²) in [6.07, 6.45) is 50.3. The Morgan fingerprint density at radius 1 is 0.396 bits per heavy atom. The Hall–Kier alpha value is -3.15. The van der Waals surface area contributed by atoms with Crippen molar-refractivity contribution < 1.29 is 28.6 Å². The van der Waals surface area contributed by atoms with Crippen LogP contribution in [0.4, 0.5) is 0 Å². The number of hydrogen-bond donors (Lipinski definition) is 0. The molecule has 0 aliphatic carbocycles. The smallest absolute Gasteiger partial charge is 0.306 e. The van der Waals surface area contributed by atoms with Crippen molar-refractivity contribution >= 4 is 17.9 Å². The van der Waals surface area contributed by atoms with E-state index in [1.54, 1.807) is 0 Å². The van der Waals surface area contributed by atoms with Crippen molar-refractivity contribution in [3.63, 3.8) is 0 Å². The summed E-state index contributed by atoms with van der Waals surface area (Å²) in [5, 5.41) is 0. The first-order chi connectivity index (χ1) is 26.0. The lowest BCUT2D eigenvalue weighted by Crippen LogP contribution is -2.30. The van der Waals surface area contributed by atoms with Gasteiger partial charge in [0.25, 0.3) is 0 Å². The largest absolute Gasteiger partial charge is 0.462 e. The number of carbonyl (C=O) groups excluding carboxylic acids is 3. The molecule has 0 aromatic carbocycles. The molecule has 0 aliphatic heterocycles. The minimum Gasteiger partial charge on any atom is -0.462 e. The van der Waals surface area contributed by atoms with Gasteiger partial charge in [0.1, 0.15) is 13.2 Å². The Balaban J connectivity index is 4.49. The molecule has 0 heterocycles. The fourth-order valence-corrected chi connectivity index (χ4v) is 5.48. The molecule has 1 unspecified atom stereocenters. The van der Waals surface area contributed by atoms with Crippen LogP contribution in [0.25, 0.3) is 0 Å². The Bertz CT molecular complexity index is 1030. The van der Waals surface area contributed by atoms with Gasteiger partial charge in [-0.2, -0.15) is 0 Å². The molecule has 0 fully saturated rings. The molecule has 0 radical (unpaired) electrons. The lowest BCUT2D eigenvalue weighted by Gasteiger charge is -2.18. The molecular formula is C47H78O6. The van der Waals surface area contributed by atoms with Crippen molar-refractivity contribution in [1.29, 1.82) is 0 Å². The minimum atomic E-state index is -0.797. The zero-order chi connectivity index (χ0) is 38.7. The Morgan fingerprint density at radius 3 is 1.28 bits per heavy atom. The van der Waals surface area contributed by atoms with Gasteiger partial charge >= 0.3 is 17.9 Å². The summed E-state index contributed by atoms with van der Waals surface area (Å²) >= 11 is 0. The van der Waals surface area contributed by atoms with Crippen molar-refractivity contribution in [2.24, 2.45) is 0 Å². The second-order valence-corrected chi connectivity index (χ2v) is 14.0. The SMILES string of the molecule is CC\C=C/C=C\C=C/C=C\CCCCCC(=O)OCC(COC(=O)CCCCCC/C=C\CCCC)OC(=O)CCCCCCC/C=C\CCCCC. The molecule has 0 amide bonds. The summed E-state index contributed by atoms with van der Waals surface area (Å²) in [5.41, 5.74) is 0. The highest BCUT2D eigenvalue weighted by atomic mass is 16.6. The van der Waals surface area contributed by atoms with E-state index in [0.717, 1.165) is 103 Å². The second-order valence-electron chi connectivity index (χ2n) is 14.0. The zero-order valence-corrected chi connectivity index (χ0v) is 34.3. The molecule has 6 heteroatoms. The van der Waals surface area contributed by atoms with Crippen LogP contribution >= 0.6 is 0 Å². The number of carbonyl (C=O) groups is 3. The van der Waals surface area contributed by atoms with E-state index in [1.165, 1.54) is 44.9 Å². The van der Waals surface area contributed by atoms with Crippen LogP contribution in [0.2, 0.25) is 0 Å². The first kappa shape index (κ1) is 49.9. The molecule has 6 nitrogen and oxygen atoms in total. The van der Waals surface area contributed by atoms with Crippen molar-refractivity contribution in [3.8, 4) is 0 Å². The molecule has 0 N–H and O–H groups in total. The van der Waals surface area contributed by atoms with Gasteiger partial charge in [0.05, 0.1) is 0 Å². The summed E-state index contributed by atoms with van der Waals surface area (Å²) in [6, 6.07) is 0. The number of rotatable bonds is 37. The fourth-order valence-electron chi connectivity index (χ4n) is 5.48. The van der Waals surface area contributed by atoms with E-state index in [4.69, 9.17) is 14.2 Å². The van der Waals surface area contributed by atoms with E-state index in [2.05, 4.69) is 57.2 Å². The number of allylic oxidation sites excluding steroid dienone is 12. The number of unbranched alkanes of at least 4 members (excludes halogenated alkanes) is 17. The maximum absolute atomic E-state index is 12.7. The molecule has 0 aromatic heterocycles. The predicted molar refractivity (Wildman–Crippen MR) is 224 cm³/mol. The molecule has 0 bridgehead atoms. The van der Waals surface area contributed by atoms with Crippen molar-refractivity contribution in [2.45, 2.75) is 194 Å². The molecule has 53 heavy (non-hydrogen) atoms. The van der Waals surface area contributed by atoms with E-state index >= 15 is 0 Å². The van der Waals surface area contributed by atoms with Gasteiger partial charge in [-0.1, -0.05) is 158 Å². The number of ether oxygens (including phenoxy) is 3. The minimum absolute atomic E-state index is 0.0988. The molecule has 0 saturated carbocycles. The van der Waals surface area contributed by atoms with Gasteiger partial charge in [0.2, 0.25) is 0 Å². The average Bonchev–Trinajstić information content (AvgIpc) is 3.15. The van der Waals surface area contributed by atoms with Crippen molar-refractivity contribution in [3.05, 3.63) is 72.9 Å². The van der Waals surface area contributed by atoms with E-state index in [1.807, 2.05) is 36.5 Å². The fraction of sp³-hybridized carbons (Fsp3) is 0.681. The normalized spacial score (nSPS) is 12.7. The van der Waals surface area contributed by atoms with E-state index in [9.17, 15) is 14.4 Å². The van der Waals surface area contributed by atoms with Crippen molar-refractivity contribution in [1.82, 2.24) is 0 Å². The maximum atomic E-state index is 12.7. The molecule has 0 aromatic rings. The van der Waals surface area contributed by atoms with Gasteiger partial charge in [-0.3, -0.25) is 14.4 Å². The molecule has 0 saturated heterocycles. The van der Waals surface area contributed by atoms with E-state index in [0.29, 0.717) is 19.3 Å². The highest BCUT2D eigenvalue weighted by molar-refractivity contribution is 5.71. The van der Waals surface area contributed by atoms with Gasteiger partial charge in [-0.05, 0) is 83.5 Å². The standard InChI is InChI=1S/C47H78O6/c1-4-7-10-13-16-19-22-24-26-28-31-34-37-40-46(49)52-43-44(42-51-45(48)39-36-33-30-27-21-18-15-12-9-6-3)53-47(50)41-38-35-32-29-25-23-20-17-14-11-8-5-2/h7,10,13,15-20,22,24,26,44H,4-6,8-9,11-12,14,21,23,25,27-43H2,1-3H3/b10-7-,16-13-,18-15-,20-17-,22-19-,26-24-. The monoisotopic (exact) mass is 739 g/mol. The maximum Gasteiger partial charge on any atom is 0.306 e. The van der Waals surface area contributed by atoms with Gasteiger partial charge in [0.15, 0.2) is 6.10 Å². The quantitative estimate of drug-likeness (QED) is 0.0208. The number of hydrogen-bond acceptors (Lipinski definition) is 6. The molecule has 302 valence electrons. The van der Waals surface area contributed by atoms with Gasteiger partial charge in [0, 0.05) is 19.3 Å².